The van der Waals surface area contributed by atoms with Gasteiger partial charge in [0.15, 0.2) is 0 Å². The minimum atomic E-state index is -0.00741. The first kappa shape index (κ1) is 13.3. The standard InChI is InChI=1S/C15H18ClNOS/c16-12-6-2-3-7-13(12)17-15(18)11-9-19-14-8-4-1-5-10(11)14/h1,4-5,8,11-13H,2-3,6-7,9H2,(H,17,18). The summed E-state index contributed by atoms with van der Waals surface area (Å²) in [5, 5.41) is 3.27. The number of hydrogen-bond acceptors (Lipinski definition) is 2. The molecule has 3 atom stereocenters. The first-order chi connectivity index (χ1) is 9.25. The van der Waals surface area contributed by atoms with Gasteiger partial charge < -0.3 is 5.32 Å². The molecule has 1 fully saturated rings. The monoisotopic (exact) mass is 295 g/mol. The zero-order valence-corrected chi connectivity index (χ0v) is 12.3. The van der Waals surface area contributed by atoms with E-state index < -0.39 is 0 Å². The van der Waals surface area contributed by atoms with Crippen molar-refractivity contribution in [3.63, 3.8) is 0 Å². The highest BCUT2D eigenvalue weighted by molar-refractivity contribution is 7.99. The lowest BCUT2D eigenvalue weighted by atomic mass is 9.93. The molecule has 1 aromatic carbocycles. The Hall–Kier alpha value is -0.670. The molecule has 1 aliphatic carbocycles. The maximum atomic E-state index is 12.4. The number of fused-ring (bicyclic) bond motifs is 1. The second kappa shape index (κ2) is 5.76. The van der Waals surface area contributed by atoms with Gasteiger partial charge in [-0.1, -0.05) is 31.0 Å². The van der Waals surface area contributed by atoms with Crippen molar-refractivity contribution in [1.82, 2.24) is 5.32 Å². The summed E-state index contributed by atoms with van der Waals surface area (Å²) in [7, 11) is 0. The second-order valence-corrected chi connectivity index (χ2v) is 6.94. The number of hydrogen-bond donors (Lipinski definition) is 1. The van der Waals surface area contributed by atoms with Crippen LogP contribution in [0.15, 0.2) is 29.2 Å². The van der Waals surface area contributed by atoms with Gasteiger partial charge >= 0.3 is 0 Å². The van der Waals surface area contributed by atoms with Crippen LogP contribution in [0, 0.1) is 0 Å². The normalized spacial score (nSPS) is 29.8. The van der Waals surface area contributed by atoms with Crippen LogP contribution in [0.25, 0.3) is 0 Å². The van der Waals surface area contributed by atoms with E-state index in [4.69, 9.17) is 11.6 Å². The van der Waals surface area contributed by atoms with Crippen LogP contribution >= 0.6 is 23.4 Å². The van der Waals surface area contributed by atoms with E-state index in [9.17, 15) is 4.79 Å². The molecule has 2 aliphatic rings. The number of rotatable bonds is 2. The quantitative estimate of drug-likeness (QED) is 0.846. The molecule has 19 heavy (non-hydrogen) atoms. The number of halogens is 1. The fourth-order valence-electron chi connectivity index (χ4n) is 2.91. The molecule has 3 rings (SSSR count). The van der Waals surface area contributed by atoms with E-state index in [2.05, 4.69) is 17.4 Å². The molecule has 1 aliphatic heterocycles. The molecular weight excluding hydrogens is 278 g/mol. The summed E-state index contributed by atoms with van der Waals surface area (Å²) in [6.45, 7) is 0. The topological polar surface area (TPSA) is 29.1 Å². The van der Waals surface area contributed by atoms with E-state index in [1.54, 1.807) is 11.8 Å². The van der Waals surface area contributed by atoms with Crippen LogP contribution in [0.4, 0.5) is 0 Å². The number of benzene rings is 1. The van der Waals surface area contributed by atoms with E-state index in [1.807, 2.05) is 12.1 Å². The lowest BCUT2D eigenvalue weighted by Gasteiger charge is -2.28. The van der Waals surface area contributed by atoms with Crippen molar-refractivity contribution >= 4 is 29.3 Å². The third-order valence-corrected chi connectivity index (χ3v) is 5.73. The van der Waals surface area contributed by atoms with Crippen molar-refractivity contribution in [2.75, 3.05) is 5.75 Å². The molecule has 1 N–H and O–H groups in total. The van der Waals surface area contributed by atoms with Crippen LogP contribution < -0.4 is 5.32 Å². The highest BCUT2D eigenvalue weighted by atomic mass is 35.5. The van der Waals surface area contributed by atoms with Gasteiger partial charge in [0.2, 0.25) is 5.91 Å². The maximum absolute atomic E-state index is 12.4. The number of amides is 1. The molecule has 102 valence electrons. The van der Waals surface area contributed by atoms with Gasteiger partial charge in [-0.2, -0.15) is 0 Å². The third kappa shape index (κ3) is 2.77. The summed E-state index contributed by atoms with van der Waals surface area (Å²) in [5.74, 6) is 0.993. The zero-order valence-electron chi connectivity index (χ0n) is 10.8. The van der Waals surface area contributed by atoms with Crippen molar-refractivity contribution in [2.24, 2.45) is 0 Å². The van der Waals surface area contributed by atoms with Gasteiger partial charge in [-0.25, -0.2) is 0 Å². The highest BCUT2D eigenvalue weighted by Crippen LogP contribution is 2.39. The van der Waals surface area contributed by atoms with Gasteiger partial charge in [0, 0.05) is 16.7 Å². The highest BCUT2D eigenvalue weighted by Gasteiger charge is 2.32. The van der Waals surface area contributed by atoms with E-state index in [0.29, 0.717) is 0 Å². The Bertz CT molecular complexity index is 479. The molecule has 0 spiro atoms. The molecule has 1 amide bonds. The van der Waals surface area contributed by atoms with Crippen LogP contribution in [0.3, 0.4) is 0 Å². The lowest BCUT2D eigenvalue weighted by Crippen LogP contribution is -2.44. The van der Waals surface area contributed by atoms with Gasteiger partial charge in [0.05, 0.1) is 11.3 Å². The van der Waals surface area contributed by atoms with Gasteiger partial charge in [-0.15, -0.1) is 23.4 Å². The Balaban J connectivity index is 1.68. The van der Waals surface area contributed by atoms with E-state index >= 15 is 0 Å². The molecule has 2 nitrogen and oxygen atoms in total. The number of carbonyl (C=O) groups is 1. The Morgan fingerprint density at radius 3 is 2.89 bits per heavy atom. The predicted octanol–water partition coefficient (Wildman–Crippen LogP) is 3.54. The first-order valence-electron chi connectivity index (χ1n) is 6.92. The van der Waals surface area contributed by atoms with Crippen LogP contribution in [-0.2, 0) is 4.79 Å². The van der Waals surface area contributed by atoms with Gasteiger partial charge in [0.25, 0.3) is 0 Å². The lowest BCUT2D eigenvalue weighted by molar-refractivity contribution is -0.122. The summed E-state index contributed by atoms with van der Waals surface area (Å²) in [5.41, 5.74) is 1.17. The summed E-state index contributed by atoms with van der Waals surface area (Å²) in [4.78, 5) is 13.7. The van der Waals surface area contributed by atoms with Gasteiger partial charge in [-0.05, 0) is 24.5 Å². The predicted molar refractivity (Wildman–Crippen MR) is 79.9 cm³/mol. The number of carbonyl (C=O) groups excluding carboxylic acids is 1. The minimum absolute atomic E-state index is 0.00741. The smallest absolute Gasteiger partial charge is 0.228 e. The average molecular weight is 296 g/mol. The van der Waals surface area contributed by atoms with Crippen molar-refractivity contribution in [3.05, 3.63) is 29.8 Å². The van der Waals surface area contributed by atoms with Crippen LogP contribution in [0.1, 0.15) is 37.2 Å². The largest absolute Gasteiger partial charge is 0.351 e. The van der Waals surface area contributed by atoms with Crippen LogP contribution in [-0.4, -0.2) is 23.1 Å². The molecule has 0 saturated heterocycles. The summed E-state index contributed by atoms with van der Waals surface area (Å²) < 4.78 is 0. The van der Waals surface area contributed by atoms with E-state index in [-0.39, 0.29) is 23.2 Å². The average Bonchev–Trinajstić information content (AvgIpc) is 2.85. The summed E-state index contributed by atoms with van der Waals surface area (Å²) in [6, 6.07) is 8.36. The minimum Gasteiger partial charge on any atom is -0.351 e. The van der Waals surface area contributed by atoms with Gasteiger partial charge in [-0.3, -0.25) is 4.79 Å². The Kier molecular flexibility index (Phi) is 4.04. The maximum Gasteiger partial charge on any atom is 0.228 e. The Morgan fingerprint density at radius 2 is 2.05 bits per heavy atom. The fourth-order valence-corrected chi connectivity index (χ4v) is 4.48. The molecule has 1 aromatic rings. The van der Waals surface area contributed by atoms with E-state index in [0.717, 1.165) is 18.6 Å². The molecule has 3 unspecified atom stereocenters. The molecule has 0 aromatic heterocycles. The summed E-state index contributed by atoms with van der Waals surface area (Å²) >= 11 is 8.09. The molecule has 0 bridgehead atoms. The zero-order chi connectivity index (χ0) is 13.2. The third-order valence-electron chi connectivity index (χ3n) is 4.03. The fraction of sp³-hybridized carbons (Fsp3) is 0.533. The number of thioether (sulfide) groups is 1. The molecule has 4 heteroatoms. The molecule has 1 saturated carbocycles. The molecular formula is C15H18ClNOS. The van der Waals surface area contributed by atoms with Crippen molar-refractivity contribution < 1.29 is 4.79 Å². The Labute approximate surface area is 123 Å². The number of nitrogens with one attached hydrogen (secondary N) is 1. The van der Waals surface area contributed by atoms with Crippen molar-refractivity contribution in [1.29, 1.82) is 0 Å². The molecule has 0 radical (unpaired) electrons. The van der Waals surface area contributed by atoms with Crippen LogP contribution in [0.2, 0.25) is 0 Å². The Morgan fingerprint density at radius 1 is 1.26 bits per heavy atom. The van der Waals surface area contributed by atoms with Crippen molar-refractivity contribution in [3.8, 4) is 0 Å². The second-order valence-electron chi connectivity index (χ2n) is 5.32. The van der Waals surface area contributed by atoms with Crippen molar-refractivity contribution in [2.45, 2.75) is 47.9 Å². The number of alkyl halides is 1. The SMILES string of the molecule is O=C(NC1CCCCC1Cl)C1CSc2ccccc21. The first-order valence-corrected chi connectivity index (χ1v) is 8.34. The summed E-state index contributed by atoms with van der Waals surface area (Å²) in [6.07, 6.45) is 4.39. The van der Waals surface area contributed by atoms with E-state index in [1.165, 1.54) is 23.3 Å². The molecule has 1 heterocycles. The van der Waals surface area contributed by atoms with Gasteiger partial charge in [0.1, 0.15) is 0 Å². The van der Waals surface area contributed by atoms with Crippen LogP contribution in [0.5, 0.6) is 0 Å².